The Balaban J connectivity index is 1.66. The molecule has 0 aliphatic carbocycles. The zero-order chi connectivity index (χ0) is 19.1. The van der Waals surface area contributed by atoms with E-state index < -0.39 is 0 Å². The highest BCUT2D eigenvalue weighted by Gasteiger charge is 2.09. The van der Waals surface area contributed by atoms with E-state index in [1.54, 1.807) is 37.7 Å². The Bertz CT molecular complexity index is 893. The molecule has 0 aliphatic rings. The van der Waals surface area contributed by atoms with Crippen LogP contribution in [0.1, 0.15) is 16.7 Å². The quantitative estimate of drug-likeness (QED) is 0.686. The van der Waals surface area contributed by atoms with Gasteiger partial charge in [0.1, 0.15) is 6.61 Å². The number of hydrogen-bond donors (Lipinski definition) is 1. The van der Waals surface area contributed by atoms with Crippen molar-refractivity contribution in [3.63, 3.8) is 0 Å². The maximum Gasteiger partial charge on any atom is 0.228 e. The van der Waals surface area contributed by atoms with E-state index in [4.69, 9.17) is 9.47 Å². The van der Waals surface area contributed by atoms with E-state index in [1.165, 1.54) is 5.56 Å². The van der Waals surface area contributed by atoms with Crippen molar-refractivity contribution in [1.82, 2.24) is 4.98 Å². The highest BCUT2D eigenvalue weighted by molar-refractivity contribution is 5.92. The lowest BCUT2D eigenvalue weighted by Gasteiger charge is -2.13. The summed E-state index contributed by atoms with van der Waals surface area (Å²) in [5.41, 5.74) is 3.81. The van der Waals surface area contributed by atoms with E-state index in [9.17, 15) is 4.79 Å². The minimum absolute atomic E-state index is 0.0795. The molecule has 0 radical (unpaired) electrons. The van der Waals surface area contributed by atoms with Crippen LogP contribution in [0.15, 0.2) is 67.0 Å². The van der Waals surface area contributed by atoms with E-state index >= 15 is 0 Å². The average molecular weight is 362 g/mol. The normalized spacial score (nSPS) is 10.3. The van der Waals surface area contributed by atoms with Crippen LogP contribution in [0.3, 0.4) is 0 Å². The second-order valence-corrected chi connectivity index (χ2v) is 6.22. The number of rotatable bonds is 7. The summed E-state index contributed by atoms with van der Waals surface area (Å²) in [7, 11) is 1.59. The Morgan fingerprint density at radius 1 is 0.963 bits per heavy atom. The largest absolute Gasteiger partial charge is 0.493 e. The molecular weight excluding hydrogens is 340 g/mol. The number of ether oxygens (including phenoxy) is 2. The van der Waals surface area contributed by atoms with Crippen molar-refractivity contribution in [2.24, 2.45) is 0 Å². The molecule has 0 aliphatic heterocycles. The summed E-state index contributed by atoms with van der Waals surface area (Å²) in [5, 5.41) is 2.91. The molecule has 5 heteroatoms. The van der Waals surface area contributed by atoms with Crippen LogP contribution in [0, 0.1) is 6.92 Å². The number of nitrogens with one attached hydrogen (secondary N) is 1. The number of pyridine rings is 1. The topological polar surface area (TPSA) is 60.5 Å². The van der Waals surface area contributed by atoms with E-state index in [2.05, 4.69) is 10.3 Å². The van der Waals surface area contributed by atoms with Crippen molar-refractivity contribution >= 4 is 11.6 Å². The number of aryl methyl sites for hydroxylation is 1. The number of amides is 1. The summed E-state index contributed by atoms with van der Waals surface area (Å²) in [5.74, 6) is 1.10. The van der Waals surface area contributed by atoms with E-state index in [1.807, 2.05) is 43.3 Å². The van der Waals surface area contributed by atoms with Crippen LogP contribution in [0.4, 0.5) is 5.69 Å². The van der Waals surface area contributed by atoms with Gasteiger partial charge in [-0.05, 0) is 42.3 Å². The highest BCUT2D eigenvalue weighted by Crippen LogP contribution is 2.31. The molecule has 0 unspecified atom stereocenters. The molecule has 3 aromatic rings. The number of aromatic nitrogens is 1. The van der Waals surface area contributed by atoms with Crippen LogP contribution < -0.4 is 14.8 Å². The van der Waals surface area contributed by atoms with Crippen LogP contribution in [0.5, 0.6) is 11.5 Å². The summed E-state index contributed by atoms with van der Waals surface area (Å²) in [6.07, 6.45) is 3.76. The molecule has 0 atom stereocenters. The number of benzene rings is 2. The van der Waals surface area contributed by atoms with Crippen LogP contribution in [-0.4, -0.2) is 18.0 Å². The van der Waals surface area contributed by atoms with E-state index in [-0.39, 0.29) is 5.91 Å². The molecule has 0 bridgehead atoms. The first-order valence-electron chi connectivity index (χ1n) is 8.69. The molecule has 1 N–H and O–H groups in total. The first-order chi connectivity index (χ1) is 13.1. The fraction of sp³-hybridized carbons (Fsp3) is 0.182. The zero-order valence-electron chi connectivity index (χ0n) is 15.4. The van der Waals surface area contributed by atoms with E-state index in [0.29, 0.717) is 30.2 Å². The smallest absolute Gasteiger partial charge is 0.228 e. The third kappa shape index (κ3) is 5.31. The van der Waals surface area contributed by atoms with Gasteiger partial charge in [0.05, 0.1) is 13.5 Å². The Labute approximate surface area is 159 Å². The van der Waals surface area contributed by atoms with Gasteiger partial charge in [-0.2, -0.15) is 0 Å². The fourth-order valence-corrected chi connectivity index (χ4v) is 2.60. The van der Waals surface area contributed by atoms with Gasteiger partial charge < -0.3 is 14.8 Å². The lowest BCUT2D eigenvalue weighted by Crippen LogP contribution is -2.14. The van der Waals surface area contributed by atoms with Gasteiger partial charge in [-0.1, -0.05) is 29.8 Å². The zero-order valence-corrected chi connectivity index (χ0v) is 15.4. The number of methoxy groups -OCH3 is 1. The van der Waals surface area contributed by atoms with Crippen molar-refractivity contribution in [2.75, 3.05) is 12.4 Å². The van der Waals surface area contributed by atoms with E-state index in [0.717, 1.165) is 11.1 Å². The number of hydrogen-bond acceptors (Lipinski definition) is 4. The number of carbonyl (C=O) groups is 1. The van der Waals surface area contributed by atoms with Crippen molar-refractivity contribution < 1.29 is 14.3 Å². The molecule has 1 heterocycles. The van der Waals surface area contributed by atoms with Gasteiger partial charge in [-0.3, -0.25) is 9.78 Å². The molecule has 138 valence electrons. The second kappa shape index (κ2) is 8.85. The van der Waals surface area contributed by atoms with Gasteiger partial charge in [0.25, 0.3) is 0 Å². The molecule has 2 aromatic carbocycles. The molecular formula is C22H22N2O3. The Hall–Kier alpha value is -3.34. The predicted molar refractivity (Wildman–Crippen MR) is 105 cm³/mol. The second-order valence-electron chi connectivity index (χ2n) is 6.22. The Kier molecular flexibility index (Phi) is 6.05. The molecule has 0 fully saturated rings. The number of anilines is 1. The molecule has 0 spiro atoms. The highest BCUT2D eigenvalue weighted by atomic mass is 16.5. The molecule has 1 aromatic heterocycles. The van der Waals surface area contributed by atoms with Gasteiger partial charge in [-0.15, -0.1) is 0 Å². The van der Waals surface area contributed by atoms with Gasteiger partial charge in [-0.25, -0.2) is 0 Å². The first-order valence-corrected chi connectivity index (χ1v) is 8.69. The standard InChI is InChI=1S/C22H22N2O3/c1-16-3-5-17(6-4-16)13-22(25)24-19-7-8-20(26-2)21(14-19)27-15-18-9-11-23-12-10-18/h3-12,14H,13,15H2,1-2H3,(H,24,25). The molecule has 5 nitrogen and oxygen atoms in total. The van der Waals surface area contributed by atoms with Crippen LogP contribution >= 0.6 is 0 Å². The molecule has 3 rings (SSSR count). The minimum Gasteiger partial charge on any atom is -0.493 e. The Morgan fingerprint density at radius 2 is 1.70 bits per heavy atom. The van der Waals surface area contributed by atoms with Crippen molar-refractivity contribution in [1.29, 1.82) is 0 Å². The Morgan fingerprint density at radius 3 is 2.41 bits per heavy atom. The summed E-state index contributed by atoms with van der Waals surface area (Å²) < 4.78 is 11.2. The number of carbonyl (C=O) groups excluding carboxylic acids is 1. The summed E-state index contributed by atoms with van der Waals surface area (Å²) in [4.78, 5) is 16.3. The molecule has 1 amide bonds. The molecule has 27 heavy (non-hydrogen) atoms. The van der Waals surface area contributed by atoms with Crippen molar-refractivity contribution in [3.05, 3.63) is 83.7 Å². The summed E-state index contributed by atoms with van der Waals surface area (Å²) in [6, 6.07) is 17.1. The van der Waals surface area contributed by atoms with Gasteiger partial charge >= 0.3 is 0 Å². The van der Waals surface area contributed by atoms with Gasteiger partial charge in [0.15, 0.2) is 11.5 Å². The first kappa shape index (κ1) is 18.5. The summed E-state index contributed by atoms with van der Waals surface area (Å²) >= 11 is 0. The minimum atomic E-state index is -0.0795. The summed E-state index contributed by atoms with van der Waals surface area (Å²) in [6.45, 7) is 2.41. The monoisotopic (exact) mass is 362 g/mol. The molecule has 0 saturated carbocycles. The lowest BCUT2D eigenvalue weighted by atomic mass is 10.1. The van der Waals surface area contributed by atoms with Crippen LogP contribution in [-0.2, 0) is 17.8 Å². The van der Waals surface area contributed by atoms with Crippen LogP contribution in [0.25, 0.3) is 0 Å². The fourth-order valence-electron chi connectivity index (χ4n) is 2.60. The third-order valence-electron chi connectivity index (χ3n) is 4.08. The maximum absolute atomic E-state index is 12.3. The maximum atomic E-state index is 12.3. The SMILES string of the molecule is COc1ccc(NC(=O)Cc2ccc(C)cc2)cc1OCc1ccncc1. The van der Waals surface area contributed by atoms with Crippen LogP contribution in [0.2, 0.25) is 0 Å². The van der Waals surface area contributed by atoms with Crippen molar-refractivity contribution in [2.45, 2.75) is 20.0 Å². The van der Waals surface area contributed by atoms with Gasteiger partial charge in [0.2, 0.25) is 5.91 Å². The predicted octanol–water partition coefficient (Wildman–Crippen LogP) is 4.16. The molecule has 0 saturated heterocycles. The van der Waals surface area contributed by atoms with Crippen molar-refractivity contribution in [3.8, 4) is 11.5 Å². The average Bonchev–Trinajstić information content (AvgIpc) is 2.69. The number of nitrogens with zero attached hydrogens (tertiary/aromatic N) is 1. The lowest BCUT2D eigenvalue weighted by molar-refractivity contribution is -0.115. The third-order valence-corrected chi connectivity index (χ3v) is 4.08. The van der Waals surface area contributed by atoms with Gasteiger partial charge in [0, 0.05) is 24.1 Å².